The second-order valence-electron chi connectivity index (χ2n) is 10.8. The van der Waals surface area contributed by atoms with Crippen molar-refractivity contribution in [3.8, 4) is 6.07 Å². The topological polar surface area (TPSA) is 144 Å². The van der Waals surface area contributed by atoms with Crippen LogP contribution in [0.15, 0.2) is 42.6 Å². The normalized spacial score (nSPS) is 21.1. The molecule has 3 atom stereocenters. The maximum atomic E-state index is 13.8. The number of nitriles is 1. The molecule has 10 heteroatoms. The lowest BCUT2D eigenvalue weighted by Crippen LogP contribution is -2.53. The van der Waals surface area contributed by atoms with E-state index in [2.05, 4.69) is 27.0 Å². The predicted octanol–water partition coefficient (Wildman–Crippen LogP) is 2.26. The molecule has 0 saturated carbocycles. The zero-order valence-electron chi connectivity index (χ0n) is 21.3. The maximum absolute atomic E-state index is 13.8. The molecule has 2 aliphatic heterocycles. The van der Waals surface area contributed by atoms with Gasteiger partial charge in [-0.05, 0) is 42.0 Å². The van der Waals surface area contributed by atoms with Gasteiger partial charge in [0.25, 0.3) is 0 Å². The molecule has 37 heavy (non-hydrogen) atoms. The molecular formula is C27H30N6O4. The van der Waals surface area contributed by atoms with Crippen molar-refractivity contribution in [1.29, 1.82) is 5.26 Å². The third-order valence-electron chi connectivity index (χ3n) is 6.78. The predicted molar refractivity (Wildman–Crippen MR) is 136 cm³/mol. The van der Waals surface area contributed by atoms with E-state index in [1.807, 2.05) is 39.0 Å². The first-order valence-electron chi connectivity index (χ1n) is 12.1. The van der Waals surface area contributed by atoms with Gasteiger partial charge in [-0.2, -0.15) is 5.26 Å². The van der Waals surface area contributed by atoms with Gasteiger partial charge in [0.2, 0.25) is 11.8 Å². The summed E-state index contributed by atoms with van der Waals surface area (Å²) in [5.41, 5.74) is 0.659. The van der Waals surface area contributed by atoms with E-state index in [0.29, 0.717) is 11.3 Å². The van der Waals surface area contributed by atoms with Gasteiger partial charge in [-0.25, -0.2) is 4.98 Å². The second-order valence-corrected chi connectivity index (χ2v) is 10.8. The number of amides is 4. The number of fused-ring (bicyclic) bond motifs is 2. The highest BCUT2D eigenvalue weighted by molar-refractivity contribution is 6.40. The van der Waals surface area contributed by atoms with Gasteiger partial charge in [-0.1, -0.05) is 45.0 Å². The summed E-state index contributed by atoms with van der Waals surface area (Å²) in [5.74, 6) is -2.46. The Morgan fingerprint density at radius 2 is 1.95 bits per heavy atom. The van der Waals surface area contributed by atoms with Crippen LogP contribution in [0.5, 0.6) is 0 Å². The van der Waals surface area contributed by atoms with E-state index in [1.54, 1.807) is 25.1 Å². The number of carbonyl (C=O) groups is 4. The standard InChI is InChI=1S/C27H30N6O4/c1-16-8-7-11-29-21(16)32-23(35)22(34)30-20(13-26(2,3)4)24(36)33-15-27(12-17(33)14-28)18-9-5-6-10-19(18)31-25(27)37/h5-11,17,20H,12-13,15H2,1-4H3,(H,30,34)(H,31,37)(H,29,32,35)/t17-,20-,27-/m0/s1. The molecule has 10 nitrogen and oxygen atoms in total. The first kappa shape index (κ1) is 25.8. The van der Waals surface area contributed by atoms with Crippen LogP contribution in [0.25, 0.3) is 0 Å². The molecule has 0 aliphatic carbocycles. The van der Waals surface area contributed by atoms with Crippen LogP contribution in [0.3, 0.4) is 0 Å². The van der Waals surface area contributed by atoms with Crippen molar-refractivity contribution in [3.63, 3.8) is 0 Å². The van der Waals surface area contributed by atoms with Crippen molar-refractivity contribution < 1.29 is 19.2 Å². The molecule has 1 spiro atoms. The number of aryl methyl sites for hydroxylation is 1. The van der Waals surface area contributed by atoms with Crippen molar-refractivity contribution in [2.24, 2.45) is 5.41 Å². The van der Waals surface area contributed by atoms with Crippen molar-refractivity contribution >= 4 is 35.1 Å². The van der Waals surface area contributed by atoms with Crippen LogP contribution in [-0.4, -0.2) is 52.1 Å². The fraction of sp³-hybridized carbons (Fsp3) is 0.407. The van der Waals surface area contributed by atoms with Crippen LogP contribution in [0.2, 0.25) is 0 Å². The van der Waals surface area contributed by atoms with E-state index in [9.17, 15) is 24.4 Å². The molecule has 1 saturated heterocycles. The quantitative estimate of drug-likeness (QED) is 0.547. The van der Waals surface area contributed by atoms with E-state index < -0.39 is 40.6 Å². The Bertz CT molecular complexity index is 1310. The number of aromatic nitrogens is 1. The summed E-state index contributed by atoms with van der Waals surface area (Å²) in [6.45, 7) is 7.47. The Labute approximate surface area is 215 Å². The Hall–Kier alpha value is -4.26. The largest absolute Gasteiger partial charge is 0.336 e. The monoisotopic (exact) mass is 502 g/mol. The Morgan fingerprint density at radius 1 is 1.22 bits per heavy atom. The summed E-state index contributed by atoms with van der Waals surface area (Å²) in [6.07, 6.45) is 1.86. The molecule has 3 heterocycles. The van der Waals surface area contributed by atoms with Gasteiger partial charge in [0.15, 0.2) is 0 Å². The fourth-order valence-corrected chi connectivity index (χ4v) is 5.00. The van der Waals surface area contributed by atoms with Crippen molar-refractivity contribution in [2.75, 3.05) is 17.2 Å². The lowest BCUT2D eigenvalue weighted by atomic mass is 9.80. The van der Waals surface area contributed by atoms with Crippen molar-refractivity contribution in [3.05, 3.63) is 53.7 Å². The highest BCUT2D eigenvalue weighted by atomic mass is 16.2. The van der Waals surface area contributed by atoms with E-state index in [4.69, 9.17) is 0 Å². The number of hydrogen-bond acceptors (Lipinski definition) is 6. The minimum absolute atomic E-state index is 0.00272. The zero-order chi connectivity index (χ0) is 27.0. The number of likely N-dealkylation sites (tertiary alicyclic amines) is 1. The summed E-state index contributed by atoms with van der Waals surface area (Å²) in [4.78, 5) is 57.8. The third kappa shape index (κ3) is 5.03. The maximum Gasteiger partial charge on any atom is 0.314 e. The Kier molecular flexibility index (Phi) is 6.74. The lowest BCUT2D eigenvalue weighted by Gasteiger charge is -2.31. The van der Waals surface area contributed by atoms with Gasteiger partial charge in [0.05, 0.1) is 11.5 Å². The van der Waals surface area contributed by atoms with E-state index >= 15 is 0 Å². The van der Waals surface area contributed by atoms with Crippen LogP contribution in [0.4, 0.5) is 11.5 Å². The molecule has 4 rings (SSSR count). The van der Waals surface area contributed by atoms with Gasteiger partial charge in [-0.3, -0.25) is 19.2 Å². The Balaban J connectivity index is 1.57. The number of hydrogen-bond donors (Lipinski definition) is 3. The minimum atomic E-state index is -1.08. The molecule has 1 aromatic carbocycles. The van der Waals surface area contributed by atoms with Gasteiger partial charge >= 0.3 is 11.8 Å². The number of anilines is 2. The van der Waals surface area contributed by atoms with E-state index in [-0.39, 0.29) is 31.1 Å². The fourth-order valence-electron chi connectivity index (χ4n) is 5.00. The van der Waals surface area contributed by atoms with Gasteiger partial charge in [0.1, 0.15) is 17.9 Å². The third-order valence-corrected chi connectivity index (χ3v) is 6.78. The van der Waals surface area contributed by atoms with Crippen molar-refractivity contribution in [1.82, 2.24) is 15.2 Å². The van der Waals surface area contributed by atoms with Gasteiger partial charge in [-0.15, -0.1) is 0 Å². The SMILES string of the molecule is Cc1cccnc1NC(=O)C(=O)N[C@@H](CC(C)(C)C)C(=O)N1C[C@]2(C[C@H]1C#N)C(=O)Nc1ccccc12. The van der Waals surface area contributed by atoms with Crippen LogP contribution in [0.1, 0.15) is 44.7 Å². The molecule has 4 amide bonds. The van der Waals surface area contributed by atoms with Gasteiger partial charge < -0.3 is 20.9 Å². The number of pyridine rings is 1. The number of nitrogens with zero attached hydrogens (tertiary/aromatic N) is 3. The molecule has 192 valence electrons. The molecule has 2 aromatic rings. The van der Waals surface area contributed by atoms with E-state index in [0.717, 1.165) is 5.56 Å². The number of rotatable bonds is 4. The molecule has 0 unspecified atom stereocenters. The van der Waals surface area contributed by atoms with E-state index in [1.165, 1.54) is 11.1 Å². The summed E-state index contributed by atoms with van der Waals surface area (Å²) in [6, 6.07) is 10.9. The lowest BCUT2D eigenvalue weighted by molar-refractivity contribution is -0.141. The molecule has 0 bridgehead atoms. The number of para-hydroxylation sites is 1. The summed E-state index contributed by atoms with van der Waals surface area (Å²) < 4.78 is 0. The average Bonchev–Trinajstić information content (AvgIpc) is 3.37. The smallest absolute Gasteiger partial charge is 0.314 e. The Morgan fingerprint density at radius 3 is 2.62 bits per heavy atom. The molecule has 0 radical (unpaired) electrons. The number of nitrogens with one attached hydrogen (secondary N) is 3. The average molecular weight is 503 g/mol. The van der Waals surface area contributed by atoms with Crippen LogP contribution < -0.4 is 16.0 Å². The molecular weight excluding hydrogens is 472 g/mol. The van der Waals surface area contributed by atoms with Crippen molar-refractivity contribution in [2.45, 2.75) is 58.0 Å². The minimum Gasteiger partial charge on any atom is -0.336 e. The molecule has 1 aromatic heterocycles. The number of carbonyl (C=O) groups excluding carboxylic acids is 4. The molecule has 2 aliphatic rings. The number of benzene rings is 1. The zero-order valence-corrected chi connectivity index (χ0v) is 21.3. The second kappa shape index (κ2) is 9.65. The summed E-state index contributed by atoms with van der Waals surface area (Å²) >= 11 is 0. The van der Waals surface area contributed by atoms with Crippen LogP contribution >= 0.6 is 0 Å². The summed E-state index contributed by atoms with van der Waals surface area (Å²) in [5, 5.41) is 17.8. The molecule has 1 fully saturated rings. The highest BCUT2D eigenvalue weighted by Crippen LogP contribution is 2.46. The first-order valence-corrected chi connectivity index (χ1v) is 12.1. The van der Waals surface area contributed by atoms with Crippen LogP contribution in [0, 0.1) is 23.7 Å². The molecule has 3 N–H and O–H groups in total. The highest BCUT2D eigenvalue weighted by Gasteiger charge is 2.56. The van der Waals surface area contributed by atoms with Gasteiger partial charge in [0, 0.05) is 24.8 Å². The van der Waals surface area contributed by atoms with Crippen LogP contribution in [-0.2, 0) is 24.6 Å². The first-order chi connectivity index (χ1) is 17.4. The summed E-state index contributed by atoms with van der Waals surface area (Å²) in [7, 11) is 0.